The van der Waals surface area contributed by atoms with Gasteiger partial charge in [-0.05, 0) is 158 Å². The first-order chi connectivity index (χ1) is 54.5. The topological polar surface area (TPSA) is 4.93 Å². The van der Waals surface area contributed by atoms with Gasteiger partial charge in [-0.15, -0.1) is 23.3 Å². The van der Waals surface area contributed by atoms with Crippen molar-refractivity contribution in [2.75, 3.05) is 0 Å². The van der Waals surface area contributed by atoms with Gasteiger partial charge in [0.25, 0.3) is 0 Å². The molecule has 18 rings (SSSR count). The van der Waals surface area contributed by atoms with Crippen LogP contribution in [-0.2, 0) is 50.6 Å². The number of aromatic nitrogens is 1. The van der Waals surface area contributed by atoms with E-state index in [4.69, 9.17) is 0 Å². The first-order valence-electron chi connectivity index (χ1n) is 42.6. The molecule has 0 aliphatic heterocycles. The van der Waals surface area contributed by atoms with Crippen LogP contribution in [0.5, 0.6) is 0 Å². The molecule has 4 aliphatic carbocycles. The van der Waals surface area contributed by atoms with Gasteiger partial charge in [0.1, 0.15) is 0 Å². The Morgan fingerprint density at radius 3 is 0.911 bits per heavy atom. The number of aryl methyl sites for hydroxylation is 8. The molecule has 14 aromatic rings. The Balaban J connectivity index is 0.000000479. The maximum absolute atomic E-state index is 3.32. The van der Waals surface area contributed by atoms with Crippen molar-refractivity contribution in [2.45, 2.75) is 225 Å². The Bertz CT molecular complexity index is 4920. The average Bonchev–Trinajstić information content (AvgIpc) is 1.51. The molecule has 589 valence electrons. The number of rotatable bonds is 1. The first kappa shape index (κ1) is 99.1. The molecular weight excluding hydrogens is 1420 g/mol. The Hall–Kier alpha value is -8.98. The quantitative estimate of drug-likeness (QED) is 0.144. The molecule has 1 aromatic heterocycles. The molecule has 13 aromatic carbocycles. The third-order valence-corrected chi connectivity index (χ3v) is 19.2. The van der Waals surface area contributed by atoms with Crippen LogP contribution in [0.1, 0.15) is 250 Å². The van der Waals surface area contributed by atoms with Crippen LogP contribution in [0.2, 0.25) is 0 Å². The van der Waals surface area contributed by atoms with Crippen LogP contribution in [0.3, 0.4) is 0 Å². The molecule has 112 heavy (non-hydrogen) atoms. The van der Waals surface area contributed by atoms with Gasteiger partial charge >= 0.3 is 0 Å². The molecule has 0 saturated heterocycles. The summed E-state index contributed by atoms with van der Waals surface area (Å²) < 4.78 is 2.26. The second-order valence-electron chi connectivity index (χ2n) is 24.5. The Labute approximate surface area is 708 Å². The zero-order chi connectivity index (χ0) is 83.3. The van der Waals surface area contributed by atoms with E-state index in [0.29, 0.717) is 0 Å². The normalized spacial score (nSPS) is 10.9. The molecule has 1 heterocycles. The van der Waals surface area contributed by atoms with Gasteiger partial charge in [0.05, 0.1) is 10.8 Å². The van der Waals surface area contributed by atoms with Crippen LogP contribution in [0.4, 0.5) is 0 Å². The minimum absolute atomic E-state index is 0. The van der Waals surface area contributed by atoms with Gasteiger partial charge in [0.15, 0.2) is 0 Å². The molecule has 1 nitrogen and oxygen atoms in total. The van der Waals surface area contributed by atoms with Crippen molar-refractivity contribution in [3.8, 4) is 55.6 Å². The van der Waals surface area contributed by atoms with Gasteiger partial charge in [-0.2, -0.15) is 36.4 Å². The fraction of sp³-hybridized carbons (Fsp3) is 0.309. The molecule has 0 amide bonds. The van der Waals surface area contributed by atoms with E-state index in [2.05, 4.69) is 333 Å². The minimum Gasteiger partial charge on any atom is -0.344 e. The summed E-state index contributed by atoms with van der Waals surface area (Å²) in [6.45, 7) is 63.2. The van der Waals surface area contributed by atoms with Crippen LogP contribution in [0, 0.1) is 60.6 Å². The maximum Gasteiger partial charge on any atom is 0.0725 e. The Morgan fingerprint density at radius 2 is 0.527 bits per heavy atom. The first-order valence-corrected chi connectivity index (χ1v) is 42.6. The zero-order valence-corrected chi connectivity index (χ0v) is 78.2. The molecule has 0 fully saturated rings. The Kier molecular flexibility index (Phi) is 44.4. The molecule has 0 atom stereocenters. The average molecular weight is 1560 g/mol. The number of benzene rings is 13. The second-order valence-corrected chi connectivity index (χ2v) is 24.5. The van der Waals surface area contributed by atoms with Crippen LogP contribution in [0.25, 0.3) is 88.2 Å². The van der Waals surface area contributed by atoms with Gasteiger partial charge < -0.3 is 4.57 Å². The summed E-state index contributed by atoms with van der Waals surface area (Å²) in [5.74, 6) is 0. The fourth-order valence-electron chi connectivity index (χ4n) is 15.5. The van der Waals surface area contributed by atoms with Crippen molar-refractivity contribution in [1.29, 1.82) is 0 Å². The molecule has 2 spiro atoms. The smallest absolute Gasteiger partial charge is 0.0725 e. The maximum atomic E-state index is 3.32. The molecule has 0 unspecified atom stereocenters. The van der Waals surface area contributed by atoms with E-state index in [9.17, 15) is 0 Å². The van der Waals surface area contributed by atoms with Gasteiger partial charge in [0.2, 0.25) is 0 Å². The third-order valence-electron chi connectivity index (χ3n) is 19.2. The van der Waals surface area contributed by atoms with Crippen LogP contribution >= 0.6 is 0 Å². The molecule has 1 radical (unpaired) electrons. The summed E-state index contributed by atoms with van der Waals surface area (Å²) >= 11 is 0. The monoisotopic (exact) mass is 1560 g/mol. The van der Waals surface area contributed by atoms with Crippen molar-refractivity contribution in [2.24, 2.45) is 7.05 Å². The molecule has 0 saturated carbocycles. The van der Waals surface area contributed by atoms with Crippen LogP contribution < -0.4 is 0 Å². The van der Waals surface area contributed by atoms with Crippen LogP contribution in [-0.4, -0.2) is 4.57 Å². The van der Waals surface area contributed by atoms with Crippen molar-refractivity contribution < 1.29 is 32.7 Å². The summed E-state index contributed by atoms with van der Waals surface area (Å²) in [4.78, 5) is 0. The van der Waals surface area contributed by atoms with E-state index in [-0.39, 0.29) is 43.5 Å². The van der Waals surface area contributed by atoms with E-state index in [0.717, 1.165) is 22.3 Å². The fourth-order valence-corrected chi connectivity index (χ4v) is 15.5. The summed E-state index contributed by atoms with van der Waals surface area (Å²) in [6, 6.07) is 102. The van der Waals surface area contributed by atoms with Gasteiger partial charge in [-0.1, -0.05) is 409 Å². The van der Waals surface area contributed by atoms with Crippen molar-refractivity contribution in [3.05, 3.63) is 356 Å². The largest absolute Gasteiger partial charge is 0.344 e. The van der Waals surface area contributed by atoms with E-state index >= 15 is 0 Å². The number of nitrogens with zero attached hydrogens (tertiary/aromatic N) is 1. The predicted molar refractivity (Wildman–Crippen MR) is 502 cm³/mol. The molecular formula is C110H139NY-2. The third kappa shape index (κ3) is 19.8. The van der Waals surface area contributed by atoms with Gasteiger partial charge in [-0.25, -0.2) is 11.1 Å². The molecule has 4 aliphatic rings. The summed E-state index contributed by atoms with van der Waals surface area (Å²) in [5.41, 5.74) is 35.8. The number of hydrogen-bond acceptors (Lipinski definition) is 0. The summed E-state index contributed by atoms with van der Waals surface area (Å²) in [7, 11) is 2.13. The Morgan fingerprint density at radius 1 is 0.232 bits per heavy atom. The van der Waals surface area contributed by atoms with E-state index < -0.39 is 0 Å². The van der Waals surface area contributed by atoms with Crippen LogP contribution in [0.15, 0.2) is 261 Å². The molecule has 2 heteroatoms. The predicted octanol–water partition coefficient (Wildman–Crippen LogP) is 34.0. The summed E-state index contributed by atoms with van der Waals surface area (Å²) in [5, 5.41) is 5.45. The summed E-state index contributed by atoms with van der Waals surface area (Å²) in [6.07, 6.45) is 0. The van der Waals surface area contributed by atoms with E-state index in [1.807, 2.05) is 166 Å². The van der Waals surface area contributed by atoms with E-state index in [1.165, 1.54) is 149 Å². The SMILES string of the molecule is CC.CC.CC.CC.CC.CC.CC.CC.CC.CC.CC.CC.Cc1[c-]c(-c2[c-]c(C)ccc2)ccc1.Cc1ccc2c(c1)C1(c3ccccc3-c3ccccc31)c1cc(C)c3ccccc3c1-2.Cc1ccc2c(c1)C1(c3ccccc3-c3ccccc31)c1cc(C)ccc1-2.Cc1cccc2c1c1ccccc1n2C.[Y]. The van der Waals surface area contributed by atoms with Gasteiger partial charge in [-0.3, -0.25) is 0 Å². The number of para-hydroxylation sites is 1. The van der Waals surface area contributed by atoms with Crippen molar-refractivity contribution in [1.82, 2.24) is 4.57 Å². The molecule has 0 N–H and O–H groups in total. The number of hydrogen-bond donors (Lipinski definition) is 0. The van der Waals surface area contributed by atoms with E-state index in [1.54, 1.807) is 0 Å². The molecule has 0 bridgehead atoms. The van der Waals surface area contributed by atoms with Crippen molar-refractivity contribution >= 4 is 32.6 Å². The van der Waals surface area contributed by atoms with Gasteiger partial charge in [0, 0.05) is 61.6 Å². The second kappa shape index (κ2) is 50.2. The standard InChI is InChI=1S/C31H22.C27H20.C14H13N.C14H12.12C2H6.Y/c1-19-15-16-25-28(17-19)31(29-18-20(2)21-9-3-4-12-24(21)30(25)29)26-13-7-5-10-22(26)23-11-6-8-14-27(23)31;1-17-11-13-21-22-14-12-18(2)16-26(22)27(25(21)15-17)23-9-5-3-7-19(23)20-8-4-6-10-24(20)27;1-10-6-5-9-13-14(10)11-7-3-4-8-12(11)15(13)2;1-11-5-3-7-13(9-11)14-8-4-6-12(2)10-14;12*1-2;/h3-18H,1-2H3;3-16H,1-2H3;3-9H,1-2H3;3-8H,1-2H3;12*1-2H3;/q;;;-2;;;;;;;;;;;;;. The number of fused-ring (bicyclic) bond motifs is 25. The minimum atomic E-state index is -0.251. The zero-order valence-electron chi connectivity index (χ0n) is 75.4. The van der Waals surface area contributed by atoms with Crippen molar-refractivity contribution in [3.63, 3.8) is 0 Å².